The first kappa shape index (κ1) is 16.4. The lowest BCUT2D eigenvalue weighted by molar-refractivity contribution is 0.0710. The van der Waals surface area contributed by atoms with Crippen molar-refractivity contribution < 1.29 is 9.59 Å². The summed E-state index contributed by atoms with van der Waals surface area (Å²) >= 11 is 0. The maximum atomic E-state index is 12.7. The first-order valence-corrected chi connectivity index (χ1v) is 8.51. The molecule has 0 unspecified atom stereocenters. The molecule has 1 fully saturated rings. The van der Waals surface area contributed by atoms with Crippen LogP contribution in [0.25, 0.3) is 0 Å². The number of Topliss-reactive ketones (excluding diaryl/α,β-unsaturated/α-hetero) is 1. The predicted octanol–water partition coefficient (Wildman–Crippen LogP) is 3.13. The zero-order chi connectivity index (χ0) is 17.1. The number of hydrogen-bond acceptors (Lipinski definition) is 3. The SMILES string of the molecule is CCn1ccnc1C1CCN(C(=O)c2cccc(C(C)=O)c2)CC1. The Kier molecular flexibility index (Phi) is 4.79. The second-order valence-corrected chi connectivity index (χ2v) is 6.27. The van der Waals surface area contributed by atoms with Crippen molar-refractivity contribution >= 4 is 11.7 Å². The van der Waals surface area contributed by atoms with Gasteiger partial charge in [0.2, 0.25) is 0 Å². The number of aromatic nitrogens is 2. The summed E-state index contributed by atoms with van der Waals surface area (Å²) in [6.45, 7) is 6.01. The van der Waals surface area contributed by atoms with Gasteiger partial charge in [-0.25, -0.2) is 4.98 Å². The number of piperidine rings is 1. The van der Waals surface area contributed by atoms with Gasteiger partial charge in [0.25, 0.3) is 5.91 Å². The van der Waals surface area contributed by atoms with Gasteiger partial charge in [-0.05, 0) is 38.8 Å². The smallest absolute Gasteiger partial charge is 0.253 e. The maximum absolute atomic E-state index is 12.7. The molecule has 1 aliphatic heterocycles. The van der Waals surface area contributed by atoms with Crippen LogP contribution in [0.2, 0.25) is 0 Å². The number of nitrogens with zero attached hydrogens (tertiary/aromatic N) is 3. The summed E-state index contributed by atoms with van der Waals surface area (Å²) in [5.41, 5.74) is 1.18. The van der Waals surface area contributed by atoms with Crippen LogP contribution in [0.4, 0.5) is 0 Å². The molecule has 1 aliphatic rings. The summed E-state index contributed by atoms with van der Waals surface area (Å²) in [6.07, 6.45) is 5.72. The zero-order valence-corrected chi connectivity index (χ0v) is 14.2. The Bertz CT molecular complexity index is 743. The topological polar surface area (TPSA) is 55.2 Å². The van der Waals surface area contributed by atoms with E-state index in [9.17, 15) is 9.59 Å². The van der Waals surface area contributed by atoms with Gasteiger partial charge in [-0.15, -0.1) is 0 Å². The number of amides is 1. The lowest BCUT2D eigenvalue weighted by Crippen LogP contribution is -2.38. The fourth-order valence-electron chi connectivity index (χ4n) is 3.34. The standard InChI is InChI=1S/C19H23N3O2/c1-3-21-12-9-20-18(21)15-7-10-22(11-8-15)19(24)17-6-4-5-16(13-17)14(2)23/h4-6,9,12-13,15H,3,7-8,10-11H2,1-2H3. The lowest BCUT2D eigenvalue weighted by Gasteiger charge is -2.32. The summed E-state index contributed by atoms with van der Waals surface area (Å²) < 4.78 is 2.18. The third-order valence-electron chi connectivity index (χ3n) is 4.75. The van der Waals surface area contributed by atoms with Crippen molar-refractivity contribution in [2.45, 2.75) is 39.2 Å². The molecule has 0 N–H and O–H groups in total. The molecule has 1 aromatic carbocycles. The minimum atomic E-state index is -0.0187. The normalized spacial score (nSPS) is 15.5. The van der Waals surface area contributed by atoms with Gasteiger partial charge in [-0.2, -0.15) is 0 Å². The fraction of sp³-hybridized carbons (Fsp3) is 0.421. The molecule has 0 aliphatic carbocycles. The molecule has 2 heterocycles. The number of carbonyl (C=O) groups excluding carboxylic acids is 2. The molecular formula is C19H23N3O2. The van der Waals surface area contributed by atoms with Crippen molar-refractivity contribution in [2.75, 3.05) is 13.1 Å². The molecule has 0 radical (unpaired) electrons. The van der Waals surface area contributed by atoms with Crippen LogP contribution < -0.4 is 0 Å². The van der Waals surface area contributed by atoms with E-state index >= 15 is 0 Å². The number of likely N-dealkylation sites (tertiary alicyclic amines) is 1. The maximum Gasteiger partial charge on any atom is 0.253 e. The molecule has 0 atom stereocenters. The van der Waals surface area contributed by atoms with Gasteiger partial charge < -0.3 is 9.47 Å². The van der Waals surface area contributed by atoms with Crippen molar-refractivity contribution in [2.24, 2.45) is 0 Å². The van der Waals surface area contributed by atoms with E-state index in [0.29, 0.717) is 17.0 Å². The quantitative estimate of drug-likeness (QED) is 0.812. The molecule has 1 saturated heterocycles. The van der Waals surface area contributed by atoms with Gasteiger partial charge >= 0.3 is 0 Å². The highest BCUT2D eigenvalue weighted by molar-refractivity contribution is 5.99. The van der Waals surface area contributed by atoms with Crippen molar-refractivity contribution in [3.63, 3.8) is 0 Å². The highest BCUT2D eigenvalue weighted by atomic mass is 16.2. The highest BCUT2D eigenvalue weighted by Crippen LogP contribution is 2.27. The molecule has 0 saturated carbocycles. The molecule has 1 amide bonds. The van der Waals surface area contributed by atoms with Crippen molar-refractivity contribution in [3.05, 3.63) is 53.6 Å². The van der Waals surface area contributed by atoms with Gasteiger partial charge in [0.15, 0.2) is 5.78 Å². The molecule has 1 aromatic heterocycles. The van der Waals surface area contributed by atoms with Crippen LogP contribution in [-0.2, 0) is 6.54 Å². The Morgan fingerprint density at radius 3 is 2.58 bits per heavy atom. The van der Waals surface area contributed by atoms with Crippen LogP contribution in [0.1, 0.15) is 59.1 Å². The minimum Gasteiger partial charge on any atom is -0.339 e. The van der Waals surface area contributed by atoms with E-state index in [1.54, 1.807) is 24.3 Å². The van der Waals surface area contributed by atoms with Crippen LogP contribution in [-0.4, -0.2) is 39.2 Å². The first-order valence-electron chi connectivity index (χ1n) is 8.51. The van der Waals surface area contributed by atoms with Crippen molar-refractivity contribution in [1.82, 2.24) is 14.5 Å². The summed E-state index contributed by atoms with van der Waals surface area (Å²) in [5.74, 6) is 1.53. The Morgan fingerprint density at radius 2 is 1.92 bits per heavy atom. The number of carbonyl (C=O) groups is 2. The second-order valence-electron chi connectivity index (χ2n) is 6.27. The van der Waals surface area contributed by atoms with Crippen molar-refractivity contribution in [3.8, 4) is 0 Å². The van der Waals surface area contributed by atoms with Crippen LogP contribution in [0, 0.1) is 0 Å². The van der Waals surface area contributed by atoms with Crippen LogP contribution in [0.5, 0.6) is 0 Å². The molecule has 5 heteroatoms. The van der Waals surface area contributed by atoms with E-state index in [-0.39, 0.29) is 11.7 Å². The Morgan fingerprint density at radius 1 is 1.21 bits per heavy atom. The molecule has 126 valence electrons. The molecule has 0 spiro atoms. The zero-order valence-electron chi connectivity index (χ0n) is 14.2. The largest absolute Gasteiger partial charge is 0.339 e. The molecule has 5 nitrogen and oxygen atoms in total. The summed E-state index contributed by atoms with van der Waals surface area (Å²) in [7, 11) is 0. The van der Waals surface area contributed by atoms with Crippen LogP contribution >= 0.6 is 0 Å². The number of hydrogen-bond donors (Lipinski definition) is 0. The third-order valence-corrected chi connectivity index (χ3v) is 4.75. The molecular weight excluding hydrogens is 302 g/mol. The minimum absolute atomic E-state index is 0.00961. The van der Waals surface area contributed by atoms with E-state index in [2.05, 4.69) is 16.5 Å². The van der Waals surface area contributed by atoms with Gasteiger partial charge in [-0.1, -0.05) is 12.1 Å². The number of rotatable bonds is 4. The predicted molar refractivity (Wildman–Crippen MR) is 92.2 cm³/mol. The van der Waals surface area contributed by atoms with E-state index < -0.39 is 0 Å². The highest BCUT2D eigenvalue weighted by Gasteiger charge is 2.26. The monoisotopic (exact) mass is 325 g/mol. The van der Waals surface area contributed by atoms with Gasteiger partial charge in [0, 0.05) is 49.1 Å². The van der Waals surface area contributed by atoms with E-state index in [0.717, 1.165) is 38.3 Å². The van der Waals surface area contributed by atoms with Crippen LogP contribution in [0.15, 0.2) is 36.7 Å². The van der Waals surface area contributed by atoms with Gasteiger partial charge in [0.05, 0.1) is 0 Å². The Balaban J connectivity index is 1.67. The third kappa shape index (κ3) is 3.25. The van der Waals surface area contributed by atoms with Crippen molar-refractivity contribution in [1.29, 1.82) is 0 Å². The van der Waals surface area contributed by atoms with E-state index in [4.69, 9.17) is 0 Å². The molecule has 0 bridgehead atoms. The van der Waals surface area contributed by atoms with Crippen LogP contribution in [0.3, 0.4) is 0 Å². The lowest BCUT2D eigenvalue weighted by atomic mass is 9.95. The number of ketones is 1. The molecule has 3 rings (SSSR count). The van der Waals surface area contributed by atoms with E-state index in [1.165, 1.54) is 6.92 Å². The number of imidazole rings is 1. The van der Waals surface area contributed by atoms with E-state index in [1.807, 2.05) is 17.3 Å². The second kappa shape index (κ2) is 6.99. The first-order chi connectivity index (χ1) is 11.6. The summed E-state index contributed by atoms with van der Waals surface area (Å²) in [5, 5.41) is 0. The summed E-state index contributed by atoms with van der Waals surface area (Å²) in [4.78, 5) is 30.6. The number of aryl methyl sites for hydroxylation is 1. The van der Waals surface area contributed by atoms with Gasteiger partial charge in [0.1, 0.15) is 5.82 Å². The Labute approximate surface area is 142 Å². The summed E-state index contributed by atoms with van der Waals surface area (Å²) in [6, 6.07) is 7.00. The fourth-order valence-corrected chi connectivity index (χ4v) is 3.34. The number of benzene rings is 1. The molecule has 24 heavy (non-hydrogen) atoms. The molecule has 2 aromatic rings. The Hall–Kier alpha value is -2.43. The average Bonchev–Trinajstić information content (AvgIpc) is 3.10. The average molecular weight is 325 g/mol. The van der Waals surface area contributed by atoms with Gasteiger partial charge in [-0.3, -0.25) is 9.59 Å².